The summed E-state index contributed by atoms with van der Waals surface area (Å²) in [5, 5.41) is 9.92. The second-order valence-corrected chi connectivity index (χ2v) is 11.4. The molecule has 2 fully saturated rings. The van der Waals surface area contributed by atoms with Crippen molar-refractivity contribution >= 4 is 11.9 Å². The van der Waals surface area contributed by atoms with E-state index in [2.05, 4.69) is 50.5 Å². The third-order valence-electron chi connectivity index (χ3n) is 7.81. The van der Waals surface area contributed by atoms with E-state index in [1.54, 1.807) is 13.8 Å². The van der Waals surface area contributed by atoms with E-state index in [1.165, 1.54) is 25.0 Å². The third-order valence-corrected chi connectivity index (χ3v) is 7.81. The summed E-state index contributed by atoms with van der Waals surface area (Å²) in [5.74, 6) is 6.24. The van der Waals surface area contributed by atoms with Gasteiger partial charge in [-0.1, -0.05) is 61.6 Å². The Balaban J connectivity index is 1.80. The Morgan fingerprint density at radius 2 is 1.97 bits per heavy atom. The predicted molar refractivity (Wildman–Crippen MR) is 142 cm³/mol. The molecule has 0 aromatic carbocycles. The molecule has 0 bridgehead atoms. The summed E-state index contributed by atoms with van der Waals surface area (Å²) in [5.41, 5.74) is 3.83. The summed E-state index contributed by atoms with van der Waals surface area (Å²) in [6.45, 7) is 15.1. The first-order valence-electron chi connectivity index (χ1n) is 13.2. The number of hydrogen-bond acceptors (Lipinski definition) is 5. The van der Waals surface area contributed by atoms with Crippen LogP contribution < -0.4 is 0 Å². The number of rotatable bonds is 5. The van der Waals surface area contributed by atoms with E-state index in [1.807, 2.05) is 0 Å². The highest BCUT2D eigenvalue weighted by atomic mass is 16.6. The van der Waals surface area contributed by atoms with Gasteiger partial charge in [-0.2, -0.15) is 0 Å². The molecule has 0 spiro atoms. The van der Waals surface area contributed by atoms with E-state index in [9.17, 15) is 14.7 Å². The van der Waals surface area contributed by atoms with Crippen molar-refractivity contribution in [1.29, 1.82) is 0 Å². The summed E-state index contributed by atoms with van der Waals surface area (Å²) in [7, 11) is 0. The number of hydrogen-bond donors (Lipinski definition) is 1. The molecule has 1 N–H and O–H groups in total. The molecule has 5 heteroatoms. The van der Waals surface area contributed by atoms with Crippen LogP contribution in [0.1, 0.15) is 86.5 Å². The summed E-state index contributed by atoms with van der Waals surface area (Å²) >= 11 is 0. The van der Waals surface area contributed by atoms with Crippen LogP contribution in [0.25, 0.3) is 0 Å². The summed E-state index contributed by atoms with van der Waals surface area (Å²) in [6, 6.07) is 0. The SMILES string of the molecule is C=C1C(=CC=C2CCC[C@]3(C)C(C(C)CC#CC(C)(C)O)=CCC23)CC(OC(C)=O)C[C@@H]1OC(C)=O. The molecular weight excluding hydrogens is 452 g/mol. The van der Waals surface area contributed by atoms with Crippen LogP contribution in [0.3, 0.4) is 0 Å². The van der Waals surface area contributed by atoms with Gasteiger partial charge >= 0.3 is 11.9 Å². The van der Waals surface area contributed by atoms with Crippen LogP contribution in [0, 0.1) is 29.1 Å². The van der Waals surface area contributed by atoms with Gasteiger partial charge in [0.1, 0.15) is 17.8 Å². The van der Waals surface area contributed by atoms with Gasteiger partial charge in [0, 0.05) is 33.1 Å². The van der Waals surface area contributed by atoms with Crippen LogP contribution in [0.2, 0.25) is 0 Å². The lowest BCUT2D eigenvalue weighted by molar-refractivity contribution is -0.152. The average molecular weight is 495 g/mol. The Bertz CT molecular complexity index is 1040. The van der Waals surface area contributed by atoms with Gasteiger partial charge in [-0.25, -0.2) is 0 Å². The van der Waals surface area contributed by atoms with Crippen molar-refractivity contribution < 1.29 is 24.2 Å². The number of aliphatic hydroxyl groups is 1. The lowest BCUT2D eigenvalue weighted by atomic mass is 9.62. The van der Waals surface area contributed by atoms with E-state index in [-0.39, 0.29) is 23.5 Å². The van der Waals surface area contributed by atoms with Crippen LogP contribution >= 0.6 is 0 Å². The first-order valence-corrected chi connectivity index (χ1v) is 13.2. The molecule has 0 saturated heterocycles. The number of carbonyl (C=O) groups is 2. The molecule has 0 aliphatic heterocycles. The molecule has 0 radical (unpaired) electrons. The molecule has 196 valence electrons. The average Bonchev–Trinajstić information content (AvgIpc) is 3.10. The lowest BCUT2D eigenvalue weighted by Gasteiger charge is -2.42. The van der Waals surface area contributed by atoms with E-state index < -0.39 is 11.7 Å². The quantitative estimate of drug-likeness (QED) is 0.289. The van der Waals surface area contributed by atoms with Crippen molar-refractivity contribution in [3.8, 4) is 11.8 Å². The summed E-state index contributed by atoms with van der Waals surface area (Å²) in [6.07, 6.45) is 12.1. The highest BCUT2D eigenvalue weighted by Crippen LogP contribution is 2.56. The first-order chi connectivity index (χ1) is 16.8. The Labute approximate surface area is 216 Å². The van der Waals surface area contributed by atoms with Gasteiger partial charge in [-0.3, -0.25) is 9.59 Å². The zero-order chi connectivity index (χ0) is 26.7. The summed E-state index contributed by atoms with van der Waals surface area (Å²) in [4.78, 5) is 23.2. The van der Waals surface area contributed by atoms with Crippen LogP contribution in [0.15, 0.2) is 47.1 Å². The molecule has 3 aliphatic rings. The normalized spacial score (nSPS) is 31.2. The van der Waals surface area contributed by atoms with Gasteiger partial charge in [0.2, 0.25) is 0 Å². The minimum atomic E-state index is -0.962. The first kappa shape index (κ1) is 28.0. The molecule has 36 heavy (non-hydrogen) atoms. The van der Waals surface area contributed by atoms with E-state index >= 15 is 0 Å². The van der Waals surface area contributed by atoms with Crippen molar-refractivity contribution in [3.63, 3.8) is 0 Å². The van der Waals surface area contributed by atoms with Crippen LogP contribution in [0.5, 0.6) is 0 Å². The zero-order valence-electron chi connectivity index (χ0n) is 22.8. The Morgan fingerprint density at radius 3 is 2.61 bits per heavy atom. The number of esters is 2. The van der Waals surface area contributed by atoms with Gasteiger partial charge in [0.15, 0.2) is 0 Å². The van der Waals surface area contributed by atoms with Gasteiger partial charge < -0.3 is 14.6 Å². The monoisotopic (exact) mass is 494 g/mol. The molecule has 3 rings (SSSR count). The molecule has 5 nitrogen and oxygen atoms in total. The maximum Gasteiger partial charge on any atom is 0.303 e. The van der Waals surface area contributed by atoms with Gasteiger partial charge in [-0.15, -0.1) is 0 Å². The minimum absolute atomic E-state index is 0.114. The van der Waals surface area contributed by atoms with Gasteiger partial charge in [-0.05, 0) is 67.9 Å². The molecule has 0 aromatic rings. The van der Waals surface area contributed by atoms with Crippen LogP contribution in [0.4, 0.5) is 0 Å². The third kappa shape index (κ3) is 6.79. The van der Waals surface area contributed by atoms with Crippen molar-refractivity contribution in [1.82, 2.24) is 0 Å². The zero-order valence-corrected chi connectivity index (χ0v) is 22.8. The predicted octanol–water partition coefficient (Wildman–Crippen LogP) is 5.99. The van der Waals surface area contributed by atoms with Crippen LogP contribution in [-0.4, -0.2) is 34.9 Å². The minimum Gasteiger partial charge on any atom is -0.462 e. The topological polar surface area (TPSA) is 72.8 Å². The van der Waals surface area contributed by atoms with Gasteiger partial charge in [0.05, 0.1) is 0 Å². The molecule has 5 atom stereocenters. The molecule has 2 saturated carbocycles. The molecule has 0 aromatic heterocycles. The smallest absolute Gasteiger partial charge is 0.303 e. The highest BCUT2D eigenvalue weighted by molar-refractivity contribution is 5.67. The largest absolute Gasteiger partial charge is 0.462 e. The number of ether oxygens (including phenoxy) is 2. The molecule has 0 amide bonds. The second-order valence-electron chi connectivity index (χ2n) is 11.4. The maximum atomic E-state index is 11.6. The molecule has 3 aliphatic carbocycles. The molecule has 3 unspecified atom stereocenters. The maximum absolute atomic E-state index is 11.6. The van der Waals surface area contributed by atoms with Crippen molar-refractivity contribution in [2.45, 2.75) is 104 Å². The highest BCUT2D eigenvalue weighted by Gasteiger charge is 2.45. The number of allylic oxidation sites excluding steroid dienone is 5. The van der Waals surface area contributed by atoms with Crippen LogP contribution in [-0.2, 0) is 19.1 Å². The van der Waals surface area contributed by atoms with Crippen molar-refractivity contribution in [3.05, 3.63) is 47.1 Å². The Hall–Kier alpha value is -2.58. The molecular formula is C31H42O5. The Morgan fingerprint density at radius 1 is 1.28 bits per heavy atom. The second kappa shape index (κ2) is 11.2. The standard InChI is InChI=1S/C31H42O5/c1-20(10-8-16-30(5,6)34)27-14-15-28-24(11-9-17-31(27,28)7)12-13-25-18-26(35-22(3)32)19-29(21(25)2)36-23(4)33/h12-14,20,26,28-29,34H,2,9-11,15,17-19H2,1,3-7H3/t20?,26?,28?,29-,31+/m0/s1. The lowest BCUT2D eigenvalue weighted by Crippen LogP contribution is -2.33. The fraction of sp³-hybridized carbons (Fsp3) is 0.613. The van der Waals surface area contributed by atoms with E-state index in [0.717, 1.165) is 43.3 Å². The Kier molecular flexibility index (Phi) is 8.72. The number of carbonyl (C=O) groups excluding carboxylic acids is 2. The summed E-state index contributed by atoms with van der Waals surface area (Å²) < 4.78 is 11.0. The van der Waals surface area contributed by atoms with E-state index in [4.69, 9.17) is 9.47 Å². The molecule has 0 heterocycles. The number of fused-ring (bicyclic) bond motifs is 1. The van der Waals surface area contributed by atoms with Gasteiger partial charge in [0.25, 0.3) is 0 Å². The fourth-order valence-electron chi connectivity index (χ4n) is 6.22. The fourth-order valence-corrected chi connectivity index (χ4v) is 6.22. The van der Waals surface area contributed by atoms with Crippen molar-refractivity contribution in [2.75, 3.05) is 0 Å². The van der Waals surface area contributed by atoms with Crippen molar-refractivity contribution in [2.24, 2.45) is 17.3 Å². The van der Waals surface area contributed by atoms with E-state index in [0.29, 0.717) is 24.7 Å².